The lowest BCUT2D eigenvalue weighted by molar-refractivity contribution is -0.150. The predicted octanol–water partition coefficient (Wildman–Crippen LogP) is 3.77. The molecule has 166 valence electrons. The van der Waals surface area contributed by atoms with Gasteiger partial charge in [-0.2, -0.15) is 0 Å². The molecule has 0 aromatic carbocycles. The molecule has 0 aromatic heterocycles. The zero-order valence-corrected chi connectivity index (χ0v) is 18.0. The highest BCUT2D eigenvalue weighted by Gasteiger charge is 2.44. The Kier molecular flexibility index (Phi) is 10.3. The summed E-state index contributed by atoms with van der Waals surface area (Å²) in [7, 11) is 0. The lowest BCUT2D eigenvalue weighted by Gasteiger charge is -2.42. The number of rotatable bonds is 13. The SMILES string of the molecule is CCCCCCCCCCCCNC(=O)[C@@H]1CCN1C(=O)C1CCCN1C(=O)O. The Morgan fingerprint density at radius 1 is 0.828 bits per heavy atom. The Morgan fingerprint density at radius 3 is 2.00 bits per heavy atom. The maximum atomic E-state index is 12.7. The van der Waals surface area contributed by atoms with E-state index in [-0.39, 0.29) is 11.8 Å². The first-order valence-corrected chi connectivity index (χ1v) is 11.6. The third kappa shape index (κ3) is 7.19. The molecule has 3 amide bonds. The monoisotopic (exact) mass is 409 g/mol. The van der Waals surface area contributed by atoms with Crippen LogP contribution in [0.2, 0.25) is 0 Å². The second-order valence-electron chi connectivity index (χ2n) is 8.44. The van der Waals surface area contributed by atoms with Crippen LogP contribution < -0.4 is 5.32 Å². The van der Waals surface area contributed by atoms with Crippen molar-refractivity contribution in [3.05, 3.63) is 0 Å². The summed E-state index contributed by atoms with van der Waals surface area (Å²) in [6.45, 7) is 3.83. The van der Waals surface area contributed by atoms with Crippen LogP contribution in [0.3, 0.4) is 0 Å². The smallest absolute Gasteiger partial charge is 0.407 e. The number of carbonyl (C=O) groups excluding carboxylic acids is 2. The molecule has 2 N–H and O–H groups in total. The van der Waals surface area contributed by atoms with Crippen LogP contribution in [0.15, 0.2) is 0 Å². The van der Waals surface area contributed by atoms with E-state index in [0.717, 1.165) is 12.8 Å². The van der Waals surface area contributed by atoms with Crippen molar-refractivity contribution in [3.8, 4) is 0 Å². The van der Waals surface area contributed by atoms with E-state index in [0.29, 0.717) is 38.9 Å². The van der Waals surface area contributed by atoms with Gasteiger partial charge in [0.25, 0.3) is 0 Å². The summed E-state index contributed by atoms with van der Waals surface area (Å²) in [5, 5.41) is 12.2. The van der Waals surface area contributed by atoms with Crippen molar-refractivity contribution < 1.29 is 19.5 Å². The average molecular weight is 410 g/mol. The standard InChI is InChI=1S/C22H39N3O4/c1-2-3-4-5-6-7-8-9-10-11-15-23-20(26)18-14-17-24(18)21(27)19-13-12-16-25(19)22(28)29/h18-19H,2-17H2,1H3,(H,23,26)(H,28,29)/t18-,19?/m0/s1. The second kappa shape index (κ2) is 12.7. The van der Waals surface area contributed by atoms with Gasteiger partial charge in [-0.25, -0.2) is 4.79 Å². The van der Waals surface area contributed by atoms with Crippen molar-refractivity contribution in [2.75, 3.05) is 19.6 Å². The van der Waals surface area contributed by atoms with Crippen LogP contribution in [-0.2, 0) is 9.59 Å². The maximum Gasteiger partial charge on any atom is 0.407 e. The Morgan fingerprint density at radius 2 is 1.45 bits per heavy atom. The first-order valence-electron chi connectivity index (χ1n) is 11.6. The molecule has 0 aliphatic carbocycles. The van der Waals surface area contributed by atoms with Crippen LogP contribution in [0.4, 0.5) is 4.79 Å². The second-order valence-corrected chi connectivity index (χ2v) is 8.44. The first kappa shape index (κ1) is 23.5. The van der Waals surface area contributed by atoms with Gasteiger partial charge in [-0.1, -0.05) is 64.7 Å². The van der Waals surface area contributed by atoms with Gasteiger partial charge in [-0.15, -0.1) is 0 Å². The number of hydrogen-bond donors (Lipinski definition) is 2. The zero-order valence-electron chi connectivity index (χ0n) is 18.0. The van der Waals surface area contributed by atoms with Crippen LogP contribution in [0.5, 0.6) is 0 Å². The Labute approximate surface area is 175 Å². The number of unbranched alkanes of at least 4 members (excludes halogenated alkanes) is 9. The van der Waals surface area contributed by atoms with E-state index in [1.807, 2.05) is 0 Å². The van der Waals surface area contributed by atoms with Gasteiger partial charge in [0.2, 0.25) is 11.8 Å². The van der Waals surface area contributed by atoms with Crippen LogP contribution in [-0.4, -0.2) is 64.5 Å². The highest BCUT2D eigenvalue weighted by atomic mass is 16.4. The number of hydrogen-bond acceptors (Lipinski definition) is 3. The van der Waals surface area contributed by atoms with Crippen molar-refractivity contribution >= 4 is 17.9 Å². The minimum atomic E-state index is -1.05. The molecule has 2 atom stereocenters. The molecular weight excluding hydrogens is 370 g/mol. The van der Waals surface area contributed by atoms with Gasteiger partial charge >= 0.3 is 6.09 Å². The molecule has 2 saturated heterocycles. The molecule has 1 unspecified atom stereocenters. The van der Waals surface area contributed by atoms with Gasteiger partial charge in [-0.3, -0.25) is 14.5 Å². The molecule has 2 rings (SSSR count). The minimum Gasteiger partial charge on any atom is -0.465 e. The van der Waals surface area contributed by atoms with Crippen molar-refractivity contribution in [2.45, 2.75) is 102 Å². The topological polar surface area (TPSA) is 90.0 Å². The molecule has 0 aromatic rings. The molecule has 2 fully saturated rings. The van der Waals surface area contributed by atoms with E-state index >= 15 is 0 Å². The molecule has 7 heteroatoms. The van der Waals surface area contributed by atoms with Gasteiger partial charge in [0.1, 0.15) is 12.1 Å². The van der Waals surface area contributed by atoms with Gasteiger partial charge < -0.3 is 15.3 Å². The molecular formula is C22H39N3O4. The number of carbonyl (C=O) groups is 3. The van der Waals surface area contributed by atoms with Gasteiger partial charge in [0.15, 0.2) is 0 Å². The third-order valence-corrected chi connectivity index (χ3v) is 6.22. The van der Waals surface area contributed by atoms with E-state index in [1.54, 1.807) is 4.90 Å². The molecule has 29 heavy (non-hydrogen) atoms. The molecule has 2 aliphatic rings. The van der Waals surface area contributed by atoms with Gasteiger partial charge in [-0.05, 0) is 25.7 Å². The fourth-order valence-corrected chi connectivity index (χ4v) is 4.31. The van der Waals surface area contributed by atoms with E-state index < -0.39 is 18.2 Å². The minimum absolute atomic E-state index is 0.0969. The van der Waals surface area contributed by atoms with Crippen molar-refractivity contribution in [1.29, 1.82) is 0 Å². The fraction of sp³-hybridized carbons (Fsp3) is 0.864. The van der Waals surface area contributed by atoms with Crippen LogP contribution in [0.25, 0.3) is 0 Å². The summed E-state index contributed by atoms with van der Waals surface area (Å²) in [6, 6.07) is -1.05. The molecule has 2 heterocycles. The normalized spacial score (nSPS) is 21.1. The Bertz CT molecular complexity index is 540. The van der Waals surface area contributed by atoms with Crippen molar-refractivity contribution in [3.63, 3.8) is 0 Å². The predicted molar refractivity (Wildman–Crippen MR) is 113 cm³/mol. The summed E-state index contributed by atoms with van der Waals surface area (Å²) < 4.78 is 0. The van der Waals surface area contributed by atoms with Gasteiger partial charge in [0, 0.05) is 19.6 Å². The Balaban J connectivity index is 1.55. The molecule has 7 nitrogen and oxygen atoms in total. The zero-order chi connectivity index (χ0) is 21.1. The van der Waals surface area contributed by atoms with E-state index in [4.69, 9.17) is 0 Å². The highest BCUT2D eigenvalue weighted by Crippen LogP contribution is 2.25. The molecule has 0 spiro atoms. The van der Waals surface area contributed by atoms with E-state index in [1.165, 1.54) is 56.3 Å². The summed E-state index contributed by atoms with van der Waals surface area (Å²) >= 11 is 0. The highest BCUT2D eigenvalue weighted by molar-refractivity contribution is 5.92. The molecule has 0 bridgehead atoms. The van der Waals surface area contributed by atoms with Crippen molar-refractivity contribution in [1.82, 2.24) is 15.1 Å². The number of nitrogens with zero attached hydrogens (tertiary/aromatic N) is 2. The maximum absolute atomic E-state index is 12.7. The van der Waals surface area contributed by atoms with Crippen LogP contribution in [0.1, 0.15) is 90.4 Å². The van der Waals surface area contributed by atoms with E-state index in [2.05, 4.69) is 12.2 Å². The first-order chi connectivity index (χ1) is 14.1. The largest absolute Gasteiger partial charge is 0.465 e. The number of likely N-dealkylation sites (tertiary alicyclic amines) is 2. The number of amides is 3. The van der Waals surface area contributed by atoms with E-state index in [9.17, 15) is 19.5 Å². The van der Waals surface area contributed by atoms with Crippen LogP contribution >= 0.6 is 0 Å². The quantitative estimate of drug-likeness (QED) is 0.453. The summed E-state index contributed by atoms with van der Waals surface area (Å²) in [5.41, 5.74) is 0. The fourth-order valence-electron chi connectivity index (χ4n) is 4.31. The lowest BCUT2D eigenvalue weighted by Crippen LogP contribution is -2.62. The summed E-state index contributed by atoms with van der Waals surface area (Å²) in [4.78, 5) is 39.1. The van der Waals surface area contributed by atoms with Crippen molar-refractivity contribution in [2.24, 2.45) is 0 Å². The molecule has 0 saturated carbocycles. The Hall–Kier alpha value is -1.79. The lowest BCUT2D eigenvalue weighted by atomic mass is 9.99. The average Bonchev–Trinajstić information content (AvgIpc) is 3.15. The van der Waals surface area contributed by atoms with Crippen LogP contribution in [0, 0.1) is 0 Å². The third-order valence-electron chi connectivity index (χ3n) is 6.22. The van der Waals surface area contributed by atoms with Gasteiger partial charge in [0.05, 0.1) is 0 Å². The summed E-state index contributed by atoms with van der Waals surface area (Å²) in [6.07, 6.45) is 13.4. The number of nitrogens with one attached hydrogen (secondary N) is 1. The molecule has 2 aliphatic heterocycles. The number of carboxylic acid groups (broad SMARTS) is 1. The summed E-state index contributed by atoms with van der Waals surface area (Å²) in [5.74, 6) is -0.310. The molecule has 0 radical (unpaired) electrons.